The summed E-state index contributed by atoms with van der Waals surface area (Å²) in [5, 5.41) is 0.642. The Kier molecular flexibility index (Phi) is 4.00. The molecule has 0 fully saturated rings. The highest BCUT2D eigenvalue weighted by Gasteiger charge is 2.07. The molecule has 0 unspecified atom stereocenters. The summed E-state index contributed by atoms with van der Waals surface area (Å²) in [4.78, 5) is 0. The summed E-state index contributed by atoms with van der Waals surface area (Å²) in [6, 6.07) is 4.26. The standard InChI is InChI=1S/C9H6BrF3O/c10-5-6-1-3-7(4-2-6)14-9(13)8(11)12/h1-4H,5H2. The molecule has 0 saturated heterocycles. The Hall–Kier alpha value is -0.970. The topological polar surface area (TPSA) is 9.23 Å². The van der Waals surface area contributed by atoms with Crippen LogP contribution in [0.3, 0.4) is 0 Å². The zero-order chi connectivity index (χ0) is 10.6. The molecule has 1 aromatic rings. The summed E-state index contributed by atoms with van der Waals surface area (Å²) in [5.41, 5.74) is 0.947. The van der Waals surface area contributed by atoms with E-state index in [0.29, 0.717) is 5.33 Å². The van der Waals surface area contributed by atoms with E-state index in [0.717, 1.165) is 5.56 Å². The predicted octanol–water partition coefficient (Wildman–Crippen LogP) is 4.00. The first-order valence-corrected chi connectivity index (χ1v) is 4.79. The maximum absolute atomic E-state index is 12.3. The lowest BCUT2D eigenvalue weighted by Gasteiger charge is -2.02. The average molecular weight is 267 g/mol. The molecule has 0 N–H and O–H groups in total. The van der Waals surface area contributed by atoms with Gasteiger partial charge in [-0.3, -0.25) is 0 Å². The number of rotatable bonds is 3. The molecule has 0 bridgehead atoms. The van der Waals surface area contributed by atoms with Crippen LogP contribution < -0.4 is 4.74 Å². The summed E-state index contributed by atoms with van der Waals surface area (Å²) < 4.78 is 39.8. The molecule has 1 nitrogen and oxygen atoms in total. The van der Waals surface area contributed by atoms with Gasteiger partial charge in [-0.15, -0.1) is 0 Å². The van der Waals surface area contributed by atoms with E-state index < -0.39 is 12.1 Å². The maximum atomic E-state index is 12.3. The van der Waals surface area contributed by atoms with Gasteiger partial charge >= 0.3 is 12.1 Å². The Morgan fingerprint density at radius 1 is 1.14 bits per heavy atom. The highest BCUT2D eigenvalue weighted by atomic mass is 79.9. The van der Waals surface area contributed by atoms with Gasteiger partial charge in [0.05, 0.1) is 0 Å². The summed E-state index contributed by atoms with van der Waals surface area (Å²) in [5.74, 6) is 0.0417. The third-order valence-electron chi connectivity index (χ3n) is 1.43. The molecule has 0 aliphatic rings. The van der Waals surface area contributed by atoms with Crippen LogP contribution in [0.4, 0.5) is 13.2 Å². The van der Waals surface area contributed by atoms with Gasteiger partial charge in [0.15, 0.2) is 0 Å². The molecule has 0 aromatic heterocycles. The van der Waals surface area contributed by atoms with Crippen molar-refractivity contribution in [3.05, 3.63) is 41.9 Å². The lowest BCUT2D eigenvalue weighted by Crippen LogP contribution is -1.90. The van der Waals surface area contributed by atoms with Gasteiger partial charge < -0.3 is 4.74 Å². The van der Waals surface area contributed by atoms with Crippen molar-refractivity contribution in [1.29, 1.82) is 0 Å². The number of halogens is 4. The Labute approximate surface area is 87.3 Å². The van der Waals surface area contributed by atoms with Gasteiger partial charge in [-0.05, 0) is 17.7 Å². The van der Waals surface area contributed by atoms with E-state index in [-0.39, 0.29) is 5.75 Å². The van der Waals surface area contributed by atoms with Crippen molar-refractivity contribution in [2.45, 2.75) is 5.33 Å². The predicted molar refractivity (Wildman–Crippen MR) is 50.1 cm³/mol. The second-order valence-corrected chi connectivity index (χ2v) is 2.97. The van der Waals surface area contributed by atoms with Gasteiger partial charge in [0, 0.05) is 5.33 Å². The second-order valence-electron chi connectivity index (χ2n) is 2.41. The third kappa shape index (κ3) is 3.06. The lowest BCUT2D eigenvalue weighted by molar-refractivity contribution is 0.241. The molecule has 0 saturated carbocycles. The van der Waals surface area contributed by atoms with E-state index in [1.54, 1.807) is 12.1 Å². The Morgan fingerprint density at radius 3 is 2.14 bits per heavy atom. The fourth-order valence-corrected chi connectivity index (χ4v) is 1.16. The van der Waals surface area contributed by atoms with Crippen molar-refractivity contribution >= 4 is 15.9 Å². The quantitative estimate of drug-likeness (QED) is 0.594. The van der Waals surface area contributed by atoms with Gasteiger partial charge in [0.25, 0.3) is 0 Å². The minimum absolute atomic E-state index is 0.0417. The molecule has 14 heavy (non-hydrogen) atoms. The van der Waals surface area contributed by atoms with Crippen molar-refractivity contribution in [1.82, 2.24) is 0 Å². The van der Waals surface area contributed by atoms with Gasteiger partial charge in [0.2, 0.25) is 0 Å². The Morgan fingerprint density at radius 2 is 1.71 bits per heavy atom. The monoisotopic (exact) mass is 266 g/mol. The van der Waals surface area contributed by atoms with Crippen molar-refractivity contribution in [2.24, 2.45) is 0 Å². The van der Waals surface area contributed by atoms with E-state index in [2.05, 4.69) is 20.7 Å². The van der Waals surface area contributed by atoms with E-state index in [4.69, 9.17) is 0 Å². The van der Waals surface area contributed by atoms with Crippen LogP contribution in [0.1, 0.15) is 5.56 Å². The number of hydrogen-bond acceptors (Lipinski definition) is 1. The van der Waals surface area contributed by atoms with E-state index >= 15 is 0 Å². The Bertz CT molecular complexity index is 330. The number of ether oxygens (including phenoxy) is 1. The molecule has 1 rings (SSSR count). The second kappa shape index (κ2) is 5.05. The van der Waals surface area contributed by atoms with Crippen LogP contribution in [-0.4, -0.2) is 0 Å². The molecule has 0 radical (unpaired) electrons. The first-order valence-electron chi connectivity index (χ1n) is 3.67. The van der Waals surface area contributed by atoms with Crippen LogP contribution in [0.5, 0.6) is 5.75 Å². The van der Waals surface area contributed by atoms with Crippen LogP contribution >= 0.6 is 15.9 Å². The lowest BCUT2D eigenvalue weighted by atomic mass is 10.2. The first-order chi connectivity index (χ1) is 6.63. The van der Waals surface area contributed by atoms with E-state index in [9.17, 15) is 13.2 Å². The van der Waals surface area contributed by atoms with Gasteiger partial charge in [-0.1, -0.05) is 28.1 Å². The summed E-state index contributed by atoms with van der Waals surface area (Å²) in [6.45, 7) is 0. The minimum Gasteiger partial charge on any atom is -0.428 e. The first kappa shape index (κ1) is 11.1. The van der Waals surface area contributed by atoms with Crippen molar-refractivity contribution in [3.63, 3.8) is 0 Å². The summed E-state index contributed by atoms with van der Waals surface area (Å²) in [7, 11) is 0. The molecule has 5 heteroatoms. The normalized spacial score (nSPS) is 9.71. The van der Waals surface area contributed by atoms with Crippen LogP contribution in [0, 0.1) is 0 Å². The summed E-state index contributed by atoms with van der Waals surface area (Å²) in [6.07, 6.45) is -2.46. The molecular weight excluding hydrogens is 261 g/mol. The largest absolute Gasteiger partial charge is 0.428 e. The van der Waals surface area contributed by atoms with Crippen molar-refractivity contribution < 1.29 is 17.9 Å². The molecule has 0 aliphatic heterocycles. The zero-order valence-corrected chi connectivity index (χ0v) is 8.52. The smallest absolute Gasteiger partial charge is 0.344 e. The molecule has 1 aromatic carbocycles. The Balaban J connectivity index is 2.74. The molecule has 0 heterocycles. The minimum atomic E-state index is -2.46. The zero-order valence-electron chi connectivity index (χ0n) is 6.94. The van der Waals surface area contributed by atoms with Gasteiger partial charge in [0.1, 0.15) is 5.75 Å². The molecular formula is C9H6BrF3O. The average Bonchev–Trinajstić information content (AvgIpc) is 2.19. The fraction of sp³-hybridized carbons (Fsp3) is 0.111. The molecule has 0 spiro atoms. The van der Waals surface area contributed by atoms with Gasteiger partial charge in [-0.25, -0.2) is 0 Å². The van der Waals surface area contributed by atoms with Crippen LogP contribution in [0.25, 0.3) is 0 Å². The van der Waals surface area contributed by atoms with Crippen molar-refractivity contribution in [3.8, 4) is 5.75 Å². The van der Waals surface area contributed by atoms with Crippen LogP contribution in [-0.2, 0) is 5.33 Å². The highest BCUT2D eigenvalue weighted by molar-refractivity contribution is 9.08. The summed E-state index contributed by atoms with van der Waals surface area (Å²) >= 11 is 3.21. The van der Waals surface area contributed by atoms with E-state index in [1.807, 2.05) is 0 Å². The molecule has 0 aliphatic carbocycles. The maximum Gasteiger partial charge on any atom is 0.344 e. The third-order valence-corrected chi connectivity index (χ3v) is 2.08. The van der Waals surface area contributed by atoms with Crippen LogP contribution in [0.15, 0.2) is 36.4 Å². The molecule has 76 valence electrons. The van der Waals surface area contributed by atoms with Gasteiger partial charge in [-0.2, -0.15) is 13.2 Å². The number of alkyl halides is 1. The number of hydrogen-bond donors (Lipinski definition) is 0. The van der Waals surface area contributed by atoms with E-state index in [1.165, 1.54) is 12.1 Å². The fourth-order valence-electron chi connectivity index (χ4n) is 0.789. The van der Waals surface area contributed by atoms with Crippen molar-refractivity contribution in [2.75, 3.05) is 0 Å². The SMILES string of the molecule is FC(F)=C(F)Oc1ccc(CBr)cc1. The molecule has 0 atom stereocenters. The van der Waals surface area contributed by atoms with Crippen LogP contribution in [0.2, 0.25) is 0 Å². The highest BCUT2D eigenvalue weighted by Crippen LogP contribution is 2.19. The number of benzene rings is 1. The molecule has 0 amide bonds.